The van der Waals surface area contributed by atoms with Crippen molar-refractivity contribution in [2.75, 3.05) is 0 Å². The Morgan fingerprint density at radius 2 is 1.71 bits per heavy atom. The molecule has 0 heterocycles. The summed E-state index contributed by atoms with van der Waals surface area (Å²) >= 11 is 0. The molecule has 42 valence electrons. The third kappa shape index (κ3) is 312. The third-order valence-electron chi connectivity index (χ3n) is 0. The molecule has 0 rings (SSSR count). The first-order valence-electron chi connectivity index (χ1n) is 1.36. The van der Waals surface area contributed by atoms with Crippen LogP contribution in [0.2, 0.25) is 0 Å². The lowest BCUT2D eigenvalue weighted by atomic mass is 10.9. The van der Waals surface area contributed by atoms with E-state index in [9.17, 15) is 0 Å². The fourth-order valence-corrected chi connectivity index (χ4v) is 0. The maximum Gasteiger partial charge on any atom is 0.491 e. The Morgan fingerprint density at radius 1 is 1.71 bits per heavy atom. The summed E-state index contributed by atoms with van der Waals surface area (Å²) in [5.74, 6) is -0.833. The molecule has 1 unspecified atom stereocenters. The van der Waals surface area contributed by atoms with Crippen LogP contribution in [0.15, 0.2) is 0 Å². The number of carbonyl (C=O) groups is 1. The van der Waals surface area contributed by atoms with Crippen LogP contribution in [0.1, 0.15) is 6.92 Å². The van der Waals surface area contributed by atoms with Crippen LogP contribution in [0.3, 0.4) is 0 Å². The van der Waals surface area contributed by atoms with Crippen molar-refractivity contribution in [2.24, 2.45) is 0 Å². The van der Waals surface area contributed by atoms with Gasteiger partial charge in [-0.3, -0.25) is 4.79 Å². The van der Waals surface area contributed by atoms with Crippen LogP contribution in [0.5, 0.6) is 0 Å². The summed E-state index contributed by atoms with van der Waals surface area (Å²) in [4.78, 5) is 16.0. The maximum atomic E-state index is 9.00. The third-order valence-corrected chi connectivity index (χ3v) is 0. The van der Waals surface area contributed by atoms with Gasteiger partial charge in [0.1, 0.15) is 0 Å². The van der Waals surface area contributed by atoms with Gasteiger partial charge >= 0.3 is 8.69 Å². The number of carboxylic acid groups (broad SMARTS) is 1. The lowest BCUT2D eigenvalue weighted by molar-refractivity contribution is -0.134. The van der Waals surface area contributed by atoms with Gasteiger partial charge in [-0.15, -0.1) is 0 Å². The predicted octanol–water partition coefficient (Wildman–Crippen LogP) is 0.00860. The van der Waals surface area contributed by atoms with E-state index in [0.717, 1.165) is 6.92 Å². The van der Waals surface area contributed by atoms with E-state index >= 15 is 0 Å². The van der Waals surface area contributed by atoms with Crippen molar-refractivity contribution in [3.63, 3.8) is 0 Å². The van der Waals surface area contributed by atoms with Crippen molar-refractivity contribution in [1.29, 1.82) is 0 Å². The minimum Gasteiger partial charge on any atom is -0.481 e. The number of hydrogen-bond donors (Lipinski definition) is 2. The normalized spacial score (nSPS) is 6.57. The molecule has 1 atom stereocenters. The van der Waals surface area contributed by atoms with Gasteiger partial charge in [0, 0.05) is 6.92 Å². The molecule has 0 aliphatic heterocycles. The quantitative estimate of drug-likeness (QED) is 0.447. The smallest absolute Gasteiger partial charge is 0.481 e. The summed E-state index contributed by atoms with van der Waals surface area (Å²) in [6.07, 6.45) is 0. The molecule has 0 aliphatic carbocycles. The monoisotopic (exact) mass is 125 g/mol. The highest BCUT2D eigenvalue weighted by Crippen LogP contribution is 1.66. The second-order valence-electron chi connectivity index (χ2n) is 0.610. The largest absolute Gasteiger partial charge is 0.491 e. The summed E-state index contributed by atoms with van der Waals surface area (Å²) in [7, 11) is -1.17. The van der Waals surface area contributed by atoms with E-state index in [1.165, 1.54) is 0 Å². The van der Waals surface area contributed by atoms with Crippen molar-refractivity contribution in [3.8, 4) is 0 Å². The Balaban J connectivity index is 0. The van der Waals surface area contributed by atoms with Gasteiger partial charge in [-0.1, -0.05) is 0 Å². The highest BCUT2D eigenvalue weighted by atomic mass is 31.1. The second kappa shape index (κ2) is 9.11. The number of carboxylic acids is 1. The first kappa shape index (κ1) is 9.73. The van der Waals surface area contributed by atoms with Crippen molar-refractivity contribution >= 4 is 14.7 Å². The van der Waals surface area contributed by atoms with E-state index < -0.39 is 14.7 Å². The lowest BCUT2D eigenvalue weighted by Crippen LogP contribution is -1.78. The van der Waals surface area contributed by atoms with Crippen molar-refractivity contribution in [2.45, 2.75) is 6.92 Å². The van der Waals surface area contributed by atoms with Gasteiger partial charge in [-0.25, -0.2) is 0 Å². The Bertz CT molecular complexity index is 56.7. The van der Waals surface area contributed by atoms with Crippen molar-refractivity contribution in [3.05, 3.63) is 0 Å². The van der Waals surface area contributed by atoms with E-state index in [1.807, 2.05) is 0 Å². The average Bonchev–Trinajstić information content (AvgIpc) is 1.33. The predicted molar refractivity (Wildman–Crippen MR) is 24.5 cm³/mol. The highest BCUT2D eigenvalue weighted by molar-refractivity contribution is 7.16. The molecule has 4 nitrogen and oxygen atoms in total. The summed E-state index contributed by atoms with van der Waals surface area (Å²) in [6, 6.07) is 0. The molecular formula is C2H6O4P+. The summed E-state index contributed by atoms with van der Waals surface area (Å²) in [6.45, 7) is 1.08. The average molecular weight is 125 g/mol. The second-order valence-corrected chi connectivity index (χ2v) is 0.793. The molecule has 0 fully saturated rings. The van der Waals surface area contributed by atoms with Gasteiger partial charge in [0.25, 0.3) is 5.97 Å². The molecule has 0 aromatic heterocycles. The molecule has 0 bridgehead atoms. The first-order chi connectivity index (χ1) is 3.15. The van der Waals surface area contributed by atoms with Crippen LogP contribution in [-0.2, 0) is 9.36 Å². The molecule has 0 amide bonds. The molecule has 0 aliphatic rings. The topological polar surface area (TPSA) is 74.6 Å². The summed E-state index contributed by atoms with van der Waals surface area (Å²) in [5, 5.41) is 7.42. The molecule has 0 saturated heterocycles. The van der Waals surface area contributed by atoms with Gasteiger partial charge in [0.05, 0.1) is 0 Å². The zero-order valence-electron chi connectivity index (χ0n) is 3.71. The van der Waals surface area contributed by atoms with E-state index in [0.29, 0.717) is 0 Å². The maximum absolute atomic E-state index is 9.00. The van der Waals surface area contributed by atoms with Gasteiger partial charge in [0.2, 0.25) is 0 Å². The summed E-state index contributed by atoms with van der Waals surface area (Å²) < 4.78 is 8.51. The zero-order valence-corrected chi connectivity index (χ0v) is 4.71. The van der Waals surface area contributed by atoms with Crippen molar-refractivity contribution in [1.82, 2.24) is 0 Å². The first-order valence-corrected chi connectivity index (χ1v) is 2.21. The van der Waals surface area contributed by atoms with Crippen LogP contribution < -0.4 is 0 Å². The molecule has 0 saturated carbocycles. The van der Waals surface area contributed by atoms with Crippen LogP contribution in [0.4, 0.5) is 0 Å². The fraction of sp³-hybridized carbons (Fsp3) is 0.500. The van der Waals surface area contributed by atoms with Crippen molar-refractivity contribution < 1.29 is 19.4 Å². The number of rotatable bonds is 0. The van der Waals surface area contributed by atoms with Crippen LogP contribution in [-0.4, -0.2) is 16.0 Å². The molecule has 2 N–H and O–H groups in total. The van der Waals surface area contributed by atoms with Crippen LogP contribution in [0.25, 0.3) is 0 Å². The minimum absolute atomic E-state index is 0.833. The Hall–Kier alpha value is -0.470. The standard InChI is InChI=1S/C2H4O2.HO2P/c1-2(3)4;1-3-2/h1H3,(H,3,4);3H/p+1. The minimum atomic E-state index is -1.17. The van der Waals surface area contributed by atoms with Gasteiger partial charge in [0.15, 0.2) is 0 Å². The Kier molecular flexibility index (Phi) is 12.7. The Labute approximate surface area is 42.1 Å². The molecule has 0 radical (unpaired) electrons. The van der Waals surface area contributed by atoms with E-state index in [-0.39, 0.29) is 0 Å². The number of aliphatic carboxylic acids is 1. The van der Waals surface area contributed by atoms with Gasteiger partial charge in [-0.2, -0.15) is 4.89 Å². The van der Waals surface area contributed by atoms with Crippen LogP contribution in [0, 0.1) is 0 Å². The lowest BCUT2D eigenvalue weighted by Gasteiger charge is -1.59. The highest BCUT2D eigenvalue weighted by Gasteiger charge is 1.65. The molecule has 0 aromatic carbocycles. The van der Waals surface area contributed by atoms with Gasteiger partial charge < -0.3 is 5.11 Å². The van der Waals surface area contributed by atoms with E-state index in [1.54, 1.807) is 0 Å². The van der Waals surface area contributed by atoms with E-state index in [2.05, 4.69) is 0 Å². The molecule has 7 heavy (non-hydrogen) atoms. The molecule has 0 spiro atoms. The molecule has 5 heteroatoms. The fourth-order valence-electron chi connectivity index (χ4n) is 0. The number of hydrogen-bond acceptors (Lipinski definition) is 2. The molecule has 0 aromatic rings. The van der Waals surface area contributed by atoms with E-state index in [4.69, 9.17) is 19.4 Å². The summed E-state index contributed by atoms with van der Waals surface area (Å²) in [5.41, 5.74) is 0. The van der Waals surface area contributed by atoms with Gasteiger partial charge in [-0.05, 0) is 4.57 Å². The molecular weight excluding hydrogens is 119 g/mol. The zero-order chi connectivity index (χ0) is 6.28. The SMILES string of the molecule is CC(=O)O.O=[PH+]O. The van der Waals surface area contributed by atoms with Crippen LogP contribution >= 0.6 is 8.69 Å². The Morgan fingerprint density at radius 3 is 1.71 bits per heavy atom.